The van der Waals surface area contributed by atoms with Gasteiger partial charge in [0.1, 0.15) is 0 Å². The van der Waals surface area contributed by atoms with Gasteiger partial charge in [0.15, 0.2) is 0 Å². The molecule has 0 radical (unpaired) electrons. The van der Waals surface area contributed by atoms with Crippen LogP contribution in [0.5, 0.6) is 0 Å². The van der Waals surface area contributed by atoms with E-state index >= 15 is 0 Å². The predicted octanol–water partition coefficient (Wildman–Crippen LogP) is 1.89. The highest BCUT2D eigenvalue weighted by atomic mass is 16.3. The van der Waals surface area contributed by atoms with Crippen LogP contribution in [0.25, 0.3) is 0 Å². The first-order chi connectivity index (χ1) is 9.30. The molecule has 0 aliphatic heterocycles. The third kappa shape index (κ3) is 2.96. The van der Waals surface area contributed by atoms with Crippen LogP contribution in [0, 0.1) is 5.41 Å². The van der Waals surface area contributed by atoms with Crippen LogP contribution in [0.3, 0.4) is 0 Å². The second-order valence-corrected chi connectivity index (χ2v) is 6.43. The van der Waals surface area contributed by atoms with E-state index in [2.05, 4.69) is 19.2 Å². The van der Waals surface area contributed by atoms with Crippen LogP contribution in [0.4, 0.5) is 5.69 Å². The van der Waals surface area contributed by atoms with Gasteiger partial charge < -0.3 is 15.3 Å². The van der Waals surface area contributed by atoms with Crippen molar-refractivity contribution in [3.8, 4) is 0 Å². The molecule has 0 bridgehead atoms. The first-order valence-corrected chi connectivity index (χ1v) is 7.04. The third-order valence-corrected chi connectivity index (χ3v) is 4.36. The number of hydrogen-bond acceptors (Lipinski definition) is 3. The van der Waals surface area contributed by atoms with E-state index in [1.807, 2.05) is 24.3 Å². The van der Waals surface area contributed by atoms with Crippen molar-refractivity contribution in [1.82, 2.24) is 4.90 Å². The van der Waals surface area contributed by atoms with Gasteiger partial charge in [-0.3, -0.25) is 4.79 Å². The van der Waals surface area contributed by atoms with Gasteiger partial charge in [-0.25, -0.2) is 0 Å². The Labute approximate surface area is 120 Å². The maximum Gasteiger partial charge on any atom is 0.226 e. The summed E-state index contributed by atoms with van der Waals surface area (Å²) in [5.41, 5.74) is 1.97. The largest absolute Gasteiger partial charge is 0.392 e. The molecule has 1 aromatic carbocycles. The number of rotatable bonds is 4. The van der Waals surface area contributed by atoms with Gasteiger partial charge in [-0.15, -0.1) is 0 Å². The topological polar surface area (TPSA) is 52.6 Å². The highest BCUT2D eigenvalue weighted by Gasteiger charge is 2.47. The Morgan fingerprint density at radius 2 is 1.95 bits per heavy atom. The Hall–Kier alpha value is -1.55. The summed E-state index contributed by atoms with van der Waals surface area (Å²) in [4.78, 5) is 13.2. The van der Waals surface area contributed by atoms with Gasteiger partial charge in [0, 0.05) is 31.2 Å². The molecule has 1 amide bonds. The molecule has 1 aromatic rings. The normalized spacial score (nSPS) is 23.9. The molecular weight excluding hydrogens is 252 g/mol. The maximum atomic E-state index is 11.6. The monoisotopic (exact) mass is 276 g/mol. The number of aliphatic hydroxyl groups excluding tert-OH is 1. The third-order valence-electron chi connectivity index (χ3n) is 4.36. The first kappa shape index (κ1) is 14.9. The van der Waals surface area contributed by atoms with Gasteiger partial charge in [0.25, 0.3) is 0 Å². The molecule has 0 saturated heterocycles. The second-order valence-electron chi connectivity index (χ2n) is 6.43. The van der Waals surface area contributed by atoms with Gasteiger partial charge in [0.2, 0.25) is 5.91 Å². The number of anilines is 1. The summed E-state index contributed by atoms with van der Waals surface area (Å²) >= 11 is 0. The van der Waals surface area contributed by atoms with Crippen molar-refractivity contribution in [2.24, 2.45) is 5.41 Å². The van der Waals surface area contributed by atoms with E-state index in [0.29, 0.717) is 12.5 Å². The minimum atomic E-state index is -0.225. The smallest absolute Gasteiger partial charge is 0.226 e. The van der Waals surface area contributed by atoms with Crippen molar-refractivity contribution in [3.05, 3.63) is 29.8 Å². The fourth-order valence-corrected chi connectivity index (χ4v) is 2.40. The number of benzene rings is 1. The van der Waals surface area contributed by atoms with Crippen LogP contribution < -0.4 is 5.32 Å². The average Bonchev–Trinajstić information content (AvgIpc) is 2.40. The molecule has 0 spiro atoms. The lowest BCUT2D eigenvalue weighted by Gasteiger charge is -2.49. The summed E-state index contributed by atoms with van der Waals surface area (Å²) in [7, 11) is 3.53. The van der Waals surface area contributed by atoms with Crippen molar-refractivity contribution < 1.29 is 9.90 Å². The number of carbonyl (C=O) groups is 1. The fourth-order valence-electron chi connectivity index (χ4n) is 2.40. The lowest BCUT2D eigenvalue weighted by Crippen LogP contribution is -2.56. The summed E-state index contributed by atoms with van der Waals surface area (Å²) in [5, 5.41) is 13.2. The van der Waals surface area contributed by atoms with Crippen LogP contribution in [0.15, 0.2) is 24.3 Å². The molecule has 20 heavy (non-hydrogen) atoms. The van der Waals surface area contributed by atoms with E-state index in [9.17, 15) is 9.90 Å². The van der Waals surface area contributed by atoms with Crippen LogP contribution in [0.2, 0.25) is 0 Å². The van der Waals surface area contributed by atoms with Gasteiger partial charge in [-0.05, 0) is 24.1 Å². The Bertz CT molecular complexity index is 480. The number of nitrogens with one attached hydrogen (secondary N) is 1. The van der Waals surface area contributed by atoms with Crippen molar-refractivity contribution >= 4 is 11.6 Å². The van der Waals surface area contributed by atoms with Gasteiger partial charge in [0.05, 0.1) is 12.5 Å². The summed E-state index contributed by atoms with van der Waals surface area (Å²) < 4.78 is 0. The number of amides is 1. The molecule has 1 aliphatic carbocycles. The van der Waals surface area contributed by atoms with Crippen molar-refractivity contribution in [1.29, 1.82) is 0 Å². The SMILES string of the molecule is CN(C)C(=O)Cc1ccc(NC2CC(O)C2(C)C)cc1. The van der Waals surface area contributed by atoms with E-state index in [1.54, 1.807) is 19.0 Å². The minimum Gasteiger partial charge on any atom is -0.392 e. The Balaban J connectivity index is 1.94. The highest BCUT2D eigenvalue weighted by molar-refractivity contribution is 5.78. The van der Waals surface area contributed by atoms with E-state index in [4.69, 9.17) is 0 Å². The maximum absolute atomic E-state index is 11.6. The first-order valence-electron chi connectivity index (χ1n) is 7.04. The molecule has 0 aromatic heterocycles. The Kier molecular flexibility index (Phi) is 4.04. The van der Waals surface area contributed by atoms with Gasteiger partial charge in [-0.1, -0.05) is 26.0 Å². The summed E-state index contributed by atoms with van der Waals surface area (Å²) in [5.74, 6) is 0.106. The standard InChI is InChI=1S/C16H24N2O2/c1-16(2)13(10-14(16)19)17-12-7-5-11(6-8-12)9-15(20)18(3)4/h5-8,13-14,17,19H,9-10H2,1-4H3. The number of hydrogen-bond donors (Lipinski definition) is 2. The quantitative estimate of drug-likeness (QED) is 0.883. The second kappa shape index (κ2) is 5.44. The molecular formula is C16H24N2O2. The van der Waals surface area contributed by atoms with Crippen LogP contribution in [-0.4, -0.2) is 42.2 Å². The fraction of sp³-hybridized carbons (Fsp3) is 0.562. The lowest BCUT2D eigenvalue weighted by atomic mass is 9.64. The summed E-state index contributed by atoms with van der Waals surface area (Å²) in [6, 6.07) is 8.25. The Morgan fingerprint density at radius 3 is 2.40 bits per heavy atom. The minimum absolute atomic E-state index is 0.0838. The van der Waals surface area contributed by atoms with Crippen molar-refractivity contribution in [2.45, 2.75) is 38.8 Å². The molecule has 2 unspecified atom stereocenters. The van der Waals surface area contributed by atoms with Crippen LogP contribution >= 0.6 is 0 Å². The molecule has 110 valence electrons. The van der Waals surface area contributed by atoms with E-state index in [0.717, 1.165) is 17.7 Å². The average molecular weight is 276 g/mol. The molecule has 4 heteroatoms. The molecule has 1 fully saturated rings. The van der Waals surface area contributed by atoms with Gasteiger partial charge >= 0.3 is 0 Å². The molecule has 2 rings (SSSR count). The molecule has 2 atom stereocenters. The summed E-state index contributed by atoms with van der Waals surface area (Å²) in [6.07, 6.45) is 0.992. The molecule has 1 aliphatic rings. The van der Waals surface area contributed by atoms with Crippen LogP contribution in [0.1, 0.15) is 25.8 Å². The zero-order valence-corrected chi connectivity index (χ0v) is 12.7. The van der Waals surface area contributed by atoms with E-state index in [-0.39, 0.29) is 17.4 Å². The number of likely N-dealkylation sites (N-methyl/N-ethyl adjacent to an activating group) is 1. The molecule has 0 heterocycles. The molecule has 1 saturated carbocycles. The van der Waals surface area contributed by atoms with E-state index in [1.165, 1.54) is 0 Å². The predicted molar refractivity (Wildman–Crippen MR) is 80.7 cm³/mol. The zero-order chi connectivity index (χ0) is 14.9. The van der Waals surface area contributed by atoms with Gasteiger partial charge in [-0.2, -0.15) is 0 Å². The highest BCUT2D eigenvalue weighted by Crippen LogP contribution is 2.42. The number of nitrogens with zero attached hydrogens (tertiary/aromatic N) is 1. The Morgan fingerprint density at radius 1 is 1.35 bits per heavy atom. The molecule has 2 N–H and O–H groups in total. The number of carbonyl (C=O) groups excluding carboxylic acids is 1. The van der Waals surface area contributed by atoms with Crippen LogP contribution in [-0.2, 0) is 11.2 Å². The zero-order valence-electron chi connectivity index (χ0n) is 12.7. The van der Waals surface area contributed by atoms with Crippen molar-refractivity contribution in [2.75, 3.05) is 19.4 Å². The number of aliphatic hydroxyl groups is 1. The molecule has 4 nitrogen and oxygen atoms in total. The van der Waals surface area contributed by atoms with Crippen molar-refractivity contribution in [3.63, 3.8) is 0 Å². The summed E-state index contributed by atoms with van der Waals surface area (Å²) in [6.45, 7) is 4.14. The van der Waals surface area contributed by atoms with E-state index < -0.39 is 0 Å². The lowest BCUT2D eigenvalue weighted by molar-refractivity contribution is -0.127.